The van der Waals surface area contributed by atoms with Crippen molar-refractivity contribution in [2.75, 3.05) is 0 Å². The Labute approximate surface area is 137 Å². The zero-order valence-electron chi connectivity index (χ0n) is 11.8. The zero-order valence-corrected chi connectivity index (χ0v) is 12.6. The Morgan fingerprint density at radius 2 is 2.13 bits per heavy atom. The molecule has 23 heavy (non-hydrogen) atoms. The van der Waals surface area contributed by atoms with Crippen molar-refractivity contribution in [3.63, 3.8) is 0 Å². The van der Waals surface area contributed by atoms with Crippen LogP contribution in [0.5, 0.6) is 11.5 Å². The molecule has 0 aliphatic heterocycles. The van der Waals surface area contributed by atoms with Gasteiger partial charge < -0.3 is 9.84 Å². The van der Waals surface area contributed by atoms with Crippen LogP contribution in [0.1, 0.15) is 16.7 Å². The van der Waals surface area contributed by atoms with Gasteiger partial charge in [-0.2, -0.15) is 5.26 Å². The lowest BCUT2D eigenvalue weighted by Gasteiger charge is -2.12. The van der Waals surface area contributed by atoms with Crippen molar-refractivity contribution in [1.82, 2.24) is 0 Å². The predicted molar refractivity (Wildman–Crippen MR) is 84.1 cm³/mol. The van der Waals surface area contributed by atoms with Gasteiger partial charge in [-0.25, -0.2) is 4.39 Å². The summed E-state index contributed by atoms with van der Waals surface area (Å²) in [6, 6.07) is 8.92. The second kappa shape index (κ2) is 6.95. The van der Waals surface area contributed by atoms with Gasteiger partial charge in [0.1, 0.15) is 17.3 Å². The highest BCUT2D eigenvalue weighted by Gasteiger charge is 2.14. The van der Waals surface area contributed by atoms with Crippen LogP contribution in [0.25, 0.3) is 6.08 Å². The molecule has 2 rings (SSSR count). The Kier molecular flexibility index (Phi) is 4.99. The second-order valence-electron chi connectivity index (χ2n) is 4.62. The number of halogens is 2. The monoisotopic (exact) mass is 331 g/mol. The first-order valence-corrected chi connectivity index (χ1v) is 6.86. The third-order valence-corrected chi connectivity index (χ3v) is 3.32. The molecule has 0 heterocycles. The molecular formula is C17H11ClFNO3. The number of aliphatic carboxylic acids is 1. The molecule has 1 N–H and O–H groups in total. The van der Waals surface area contributed by atoms with Gasteiger partial charge in [-0.1, -0.05) is 24.3 Å². The number of ether oxygens (including phenoxy) is 1. The lowest BCUT2D eigenvalue weighted by molar-refractivity contribution is -0.136. The molecule has 0 fully saturated rings. The average Bonchev–Trinajstić information content (AvgIpc) is 2.52. The minimum atomic E-state index is -1.16. The molecule has 0 aliphatic rings. The Balaban J connectivity index is 2.38. The first-order valence-electron chi connectivity index (χ1n) is 6.48. The van der Waals surface area contributed by atoms with Crippen LogP contribution in [-0.2, 0) is 11.2 Å². The number of nitrogens with zero attached hydrogens (tertiary/aromatic N) is 1. The van der Waals surface area contributed by atoms with Crippen molar-refractivity contribution in [1.29, 1.82) is 5.26 Å². The summed E-state index contributed by atoms with van der Waals surface area (Å²) in [5.74, 6) is -1.48. The van der Waals surface area contributed by atoms with E-state index < -0.39 is 18.2 Å². The minimum Gasteiger partial charge on any atom is -0.481 e. The molecule has 0 radical (unpaired) electrons. The number of carboxylic acids is 1. The molecule has 0 amide bonds. The fraction of sp³-hybridized carbons (Fsp3) is 0.0588. The van der Waals surface area contributed by atoms with E-state index in [0.717, 1.165) is 6.07 Å². The van der Waals surface area contributed by atoms with Gasteiger partial charge in [-0.3, -0.25) is 4.79 Å². The molecule has 0 bridgehead atoms. The van der Waals surface area contributed by atoms with Crippen molar-refractivity contribution in [3.05, 3.63) is 64.4 Å². The number of nitriles is 1. The molecule has 0 atom stereocenters. The van der Waals surface area contributed by atoms with Gasteiger partial charge >= 0.3 is 5.97 Å². The molecule has 4 nitrogen and oxygen atoms in total. The molecule has 0 aromatic heterocycles. The van der Waals surface area contributed by atoms with E-state index in [1.807, 2.05) is 6.07 Å². The molecule has 0 aliphatic carbocycles. The smallest absolute Gasteiger partial charge is 0.307 e. The zero-order chi connectivity index (χ0) is 17.0. The molecule has 0 saturated heterocycles. The van der Waals surface area contributed by atoms with Crippen LogP contribution in [-0.4, -0.2) is 11.1 Å². The van der Waals surface area contributed by atoms with E-state index in [1.54, 1.807) is 18.2 Å². The van der Waals surface area contributed by atoms with Crippen molar-refractivity contribution in [2.45, 2.75) is 6.42 Å². The molecule has 116 valence electrons. The third-order valence-electron chi connectivity index (χ3n) is 3.02. The summed E-state index contributed by atoms with van der Waals surface area (Å²) >= 11 is 6.03. The van der Waals surface area contributed by atoms with Crippen molar-refractivity contribution < 1.29 is 19.0 Å². The third kappa shape index (κ3) is 3.87. The number of carboxylic acid groups (broad SMARTS) is 1. The van der Waals surface area contributed by atoms with Gasteiger partial charge in [0.2, 0.25) is 0 Å². The van der Waals surface area contributed by atoms with Gasteiger partial charge in [0.05, 0.1) is 23.1 Å². The van der Waals surface area contributed by atoms with E-state index in [-0.39, 0.29) is 16.3 Å². The van der Waals surface area contributed by atoms with Gasteiger partial charge in [0.25, 0.3) is 0 Å². The first-order chi connectivity index (χ1) is 10.9. The SMILES string of the molecule is C=Cc1cc(C#N)ccc1Oc1cc(F)c(CC(=O)O)cc1Cl. The fourth-order valence-electron chi connectivity index (χ4n) is 1.94. The summed E-state index contributed by atoms with van der Waals surface area (Å²) in [6.07, 6.45) is 1.03. The largest absolute Gasteiger partial charge is 0.481 e. The van der Waals surface area contributed by atoms with Crippen LogP contribution < -0.4 is 4.74 Å². The standard InChI is InChI=1S/C17H11ClFNO3/c1-2-11-5-10(9-20)3-4-15(11)23-16-8-14(19)12(6-13(16)18)7-17(21)22/h2-6,8H,1,7H2,(H,21,22). The number of carbonyl (C=O) groups is 1. The van der Waals surface area contributed by atoms with E-state index in [2.05, 4.69) is 6.58 Å². The molecule has 0 unspecified atom stereocenters. The van der Waals surface area contributed by atoms with Crippen LogP contribution in [0, 0.1) is 17.1 Å². The molecule has 0 saturated carbocycles. The fourth-order valence-corrected chi connectivity index (χ4v) is 2.16. The highest BCUT2D eigenvalue weighted by atomic mass is 35.5. The molecule has 0 spiro atoms. The highest BCUT2D eigenvalue weighted by Crippen LogP contribution is 2.34. The molecular weight excluding hydrogens is 321 g/mol. The lowest BCUT2D eigenvalue weighted by atomic mass is 10.1. The Morgan fingerprint density at radius 1 is 1.39 bits per heavy atom. The van der Waals surface area contributed by atoms with E-state index in [1.165, 1.54) is 12.1 Å². The highest BCUT2D eigenvalue weighted by molar-refractivity contribution is 6.32. The second-order valence-corrected chi connectivity index (χ2v) is 5.02. The summed E-state index contributed by atoms with van der Waals surface area (Å²) in [7, 11) is 0. The summed E-state index contributed by atoms with van der Waals surface area (Å²) < 4.78 is 19.5. The normalized spacial score (nSPS) is 9.96. The predicted octanol–water partition coefficient (Wildman–Crippen LogP) is 4.41. The quantitative estimate of drug-likeness (QED) is 0.880. The van der Waals surface area contributed by atoms with Crippen LogP contribution >= 0.6 is 11.6 Å². The molecule has 2 aromatic carbocycles. The van der Waals surface area contributed by atoms with Crippen LogP contribution in [0.15, 0.2) is 36.9 Å². The van der Waals surface area contributed by atoms with Gasteiger partial charge in [0, 0.05) is 17.2 Å². The lowest BCUT2D eigenvalue weighted by Crippen LogP contribution is -2.03. The van der Waals surface area contributed by atoms with Crippen LogP contribution in [0.3, 0.4) is 0 Å². The maximum Gasteiger partial charge on any atom is 0.307 e. The van der Waals surface area contributed by atoms with Gasteiger partial charge in [-0.15, -0.1) is 0 Å². The maximum absolute atomic E-state index is 13.9. The Hall–Kier alpha value is -2.84. The summed E-state index contributed by atoms with van der Waals surface area (Å²) in [5.41, 5.74) is 0.954. The van der Waals surface area contributed by atoms with Crippen molar-refractivity contribution in [2.24, 2.45) is 0 Å². The Bertz CT molecular complexity index is 827. The van der Waals surface area contributed by atoms with E-state index in [0.29, 0.717) is 16.9 Å². The number of hydrogen-bond donors (Lipinski definition) is 1. The summed E-state index contributed by atoms with van der Waals surface area (Å²) in [4.78, 5) is 10.7. The average molecular weight is 332 g/mol. The van der Waals surface area contributed by atoms with Crippen molar-refractivity contribution >= 4 is 23.6 Å². The van der Waals surface area contributed by atoms with Crippen molar-refractivity contribution in [3.8, 4) is 17.6 Å². The number of benzene rings is 2. The van der Waals surface area contributed by atoms with E-state index >= 15 is 0 Å². The molecule has 2 aromatic rings. The topological polar surface area (TPSA) is 70.3 Å². The first kappa shape index (κ1) is 16.5. The minimum absolute atomic E-state index is 0.0291. The van der Waals surface area contributed by atoms with Crippen LogP contribution in [0.2, 0.25) is 5.02 Å². The number of rotatable bonds is 5. The Morgan fingerprint density at radius 3 is 2.74 bits per heavy atom. The summed E-state index contributed by atoms with van der Waals surface area (Å²) in [6.45, 7) is 3.63. The molecule has 6 heteroatoms. The van der Waals surface area contributed by atoms with Gasteiger partial charge in [-0.05, 0) is 24.3 Å². The maximum atomic E-state index is 13.9. The van der Waals surface area contributed by atoms with Crippen LogP contribution in [0.4, 0.5) is 4.39 Å². The van der Waals surface area contributed by atoms with E-state index in [9.17, 15) is 9.18 Å². The summed E-state index contributed by atoms with van der Waals surface area (Å²) in [5, 5.41) is 17.7. The number of hydrogen-bond acceptors (Lipinski definition) is 3. The van der Waals surface area contributed by atoms with Gasteiger partial charge in [0.15, 0.2) is 0 Å². The van der Waals surface area contributed by atoms with E-state index in [4.69, 9.17) is 26.7 Å².